The van der Waals surface area contributed by atoms with Crippen molar-refractivity contribution in [3.05, 3.63) is 94.0 Å². The van der Waals surface area contributed by atoms with Crippen molar-refractivity contribution in [3.8, 4) is 11.5 Å². The van der Waals surface area contributed by atoms with Gasteiger partial charge in [-0.05, 0) is 66.6 Å². The van der Waals surface area contributed by atoms with Crippen LogP contribution in [-0.2, 0) is 12.8 Å². The summed E-state index contributed by atoms with van der Waals surface area (Å²) in [6.45, 7) is 7.16. The molecule has 8 heteroatoms. The van der Waals surface area contributed by atoms with E-state index in [0.717, 1.165) is 36.2 Å². The largest absolute Gasteiger partial charge is 0.454 e. The fourth-order valence-corrected chi connectivity index (χ4v) is 4.14. The molecule has 0 aliphatic rings. The molecule has 0 aliphatic carbocycles. The molecule has 0 amide bonds. The predicted octanol–water partition coefficient (Wildman–Crippen LogP) is 8.67. The molecule has 0 aliphatic heterocycles. The molecule has 0 fully saturated rings. The number of ether oxygens (including phenoxy) is 1. The summed E-state index contributed by atoms with van der Waals surface area (Å²) in [5.74, 6) is 1.32. The van der Waals surface area contributed by atoms with Crippen LogP contribution in [-0.4, -0.2) is 11.5 Å². The number of fused-ring (bicyclic) bond motifs is 1. The van der Waals surface area contributed by atoms with Gasteiger partial charge in [-0.1, -0.05) is 38.1 Å². The van der Waals surface area contributed by atoms with E-state index in [1.54, 1.807) is 12.1 Å². The molecule has 0 radical (unpaired) electrons. The van der Waals surface area contributed by atoms with E-state index in [0.29, 0.717) is 17.1 Å². The molecular formula is C28H31N5O3. The average molecular weight is 486 g/mol. The van der Waals surface area contributed by atoms with Crippen LogP contribution in [0.1, 0.15) is 31.9 Å². The summed E-state index contributed by atoms with van der Waals surface area (Å²) in [5, 5.41) is 25.1. The average Bonchev–Trinajstić information content (AvgIpc) is 2.88. The van der Waals surface area contributed by atoms with E-state index < -0.39 is 4.92 Å². The quantitative estimate of drug-likeness (QED) is 0.139. The third-order valence-electron chi connectivity index (χ3n) is 5.86. The number of aryl methyl sites for hydroxylation is 2. The highest BCUT2D eigenvalue weighted by atomic mass is 16.6. The zero-order valence-electron chi connectivity index (χ0n) is 20.8. The van der Waals surface area contributed by atoms with E-state index in [2.05, 4.69) is 47.6 Å². The monoisotopic (exact) mass is 485 g/mol. The zero-order valence-corrected chi connectivity index (χ0v) is 20.8. The lowest BCUT2D eigenvalue weighted by Crippen LogP contribution is -1.97. The van der Waals surface area contributed by atoms with E-state index in [1.807, 2.05) is 37.3 Å². The van der Waals surface area contributed by atoms with E-state index >= 15 is 0 Å². The first-order chi connectivity index (χ1) is 17.0. The third kappa shape index (κ3) is 5.67. The van der Waals surface area contributed by atoms with Crippen molar-refractivity contribution in [2.45, 2.75) is 33.6 Å². The van der Waals surface area contributed by atoms with E-state index in [1.165, 1.54) is 28.6 Å². The molecule has 4 aromatic rings. The van der Waals surface area contributed by atoms with Gasteiger partial charge in [0, 0.05) is 35.8 Å². The summed E-state index contributed by atoms with van der Waals surface area (Å²) in [6, 6.07) is 22.1. The standard InChI is InChI=1S/C28H28N4O3.H3N/c1-4-19-10-16-25-24(23(19)5-2)8-7-9-27(25)35-28-18-21(29-6-3)13-17-26(28)31-30-20-11-14-22(15-12-20)32(33)34;/h7-18,29H,4-6H2,1-3H3;1H3. The zero-order chi connectivity index (χ0) is 24.8. The summed E-state index contributed by atoms with van der Waals surface area (Å²) >= 11 is 0. The first-order valence-corrected chi connectivity index (χ1v) is 11.8. The first-order valence-electron chi connectivity index (χ1n) is 11.8. The topological polar surface area (TPSA) is 124 Å². The van der Waals surface area contributed by atoms with Crippen molar-refractivity contribution < 1.29 is 9.66 Å². The first kappa shape index (κ1) is 26.3. The maximum absolute atomic E-state index is 10.9. The summed E-state index contributed by atoms with van der Waals surface area (Å²) in [7, 11) is 0. The van der Waals surface area contributed by atoms with Gasteiger partial charge in [-0.2, -0.15) is 5.11 Å². The molecule has 0 atom stereocenters. The second-order valence-corrected chi connectivity index (χ2v) is 8.05. The van der Waals surface area contributed by atoms with Crippen LogP contribution in [0.25, 0.3) is 10.8 Å². The van der Waals surface area contributed by atoms with Gasteiger partial charge in [0.15, 0.2) is 5.75 Å². The van der Waals surface area contributed by atoms with Crippen molar-refractivity contribution in [1.29, 1.82) is 0 Å². The molecule has 0 bridgehead atoms. The molecule has 0 spiro atoms. The van der Waals surface area contributed by atoms with Gasteiger partial charge in [-0.3, -0.25) is 10.1 Å². The highest BCUT2D eigenvalue weighted by molar-refractivity contribution is 5.92. The minimum Gasteiger partial charge on any atom is -0.454 e. The normalized spacial score (nSPS) is 10.9. The Labute approximate surface area is 210 Å². The number of nitrogens with zero attached hydrogens (tertiary/aromatic N) is 3. The number of benzene rings is 4. The Bertz CT molecular complexity index is 1380. The summed E-state index contributed by atoms with van der Waals surface area (Å²) in [6.07, 6.45) is 1.94. The van der Waals surface area contributed by atoms with Gasteiger partial charge in [0.05, 0.1) is 10.6 Å². The van der Waals surface area contributed by atoms with Crippen LogP contribution in [0.2, 0.25) is 0 Å². The van der Waals surface area contributed by atoms with Crippen LogP contribution < -0.4 is 16.2 Å². The molecule has 0 unspecified atom stereocenters. The van der Waals surface area contributed by atoms with Crippen LogP contribution in [0.15, 0.2) is 83.0 Å². The molecule has 36 heavy (non-hydrogen) atoms. The van der Waals surface area contributed by atoms with Gasteiger partial charge in [-0.25, -0.2) is 0 Å². The van der Waals surface area contributed by atoms with Crippen molar-refractivity contribution >= 4 is 33.5 Å². The molecule has 4 N–H and O–H groups in total. The Morgan fingerprint density at radius 3 is 2.31 bits per heavy atom. The van der Waals surface area contributed by atoms with Crippen LogP contribution in [0.3, 0.4) is 0 Å². The number of nitrogens with one attached hydrogen (secondary N) is 1. The van der Waals surface area contributed by atoms with Gasteiger partial charge >= 0.3 is 0 Å². The van der Waals surface area contributed by atoms with Gasteiger partial charge < -0.3 is 16.2 Å². The van der Waals surface area contributed by atoms with Crippen molar-refractivity contribution in [1.82, 2.24) is 6.15 Å². The maximum atomic E-state index is 10.9. The number of nitro groups is 1. The van der Waals surface area contributed by atoms with Crippen molar-refractivity contribution in [2.75, 3.05) is 11.9 Å². The molecule has 4 aromatic carbocycles. The van der Waals surface area contributed by atoms with Crippen molar-refractivity contribution in [3.63, 3.8) is 0 Å². The molecular weight excluding hydrogens is 454 g/mol. The Kier molecular flexibility index (Phi) is 8.70. The number of rotatable bonds is 9. The summed E-state index contributed by atoms with van der Waals surface area (Å²) < 4.78 is 6.44. The molecule has 4 rings (SSSR count). The van der Waals surface area contributed by atoms with Gasteiger partial charge in [-0.15, -0.1) is 5.11 Å². The Morgan fingerprint density at radius 1 is 0.861 bits per heavy atom. The summed E-state index contributed by atoms with van der Waals surface area (Å²) in [4.78, 5) is 10.5. The second kappa shape index (κ2) is 11.9. The van der Waals surface area contributed by atoms with Crippen molar-refractivity contribution in [2.24, 2.45) is 10.2 Å². The maximum Gasteiger partial charge on any atom is 0.269 e. The fourth-order valence-electron chi connectivity index (χ4n) is 4.14. The van der Waals surface area contributed by atoms with E-state index in [-0.39, 0.29) is 11.8 Å². The fraction of sp³-hybridized carbons (Fsp3) is 0.214. The molecule has 8 nitrogen and oxygen atoms in total. The number of nitro benzene ring substituents is 1. The molecule has 0 aromatic heterocycles. The SMILES string of the molecule is CCNc1ccc(N=Nc2ccc([N+](=O)[O-])cc2)c(Oc2cccc3c(CC)c(CC)ccc23)c1.N. The van der Waals surface area contributed by atoms with Crippen LogP contribution in [0, 0.1) is 10.1 Å². The number of non-ortho nitro benzene ring substituents is 1. The Balaban J connectivity index is 0.00000361. The number of hydrogen-bond donors (Lipinski definition) is 2. The van der Waals surface area contributed by atoms with Crippen LogP contribution in [0.5, 0.6) is 11.5 Å². The van der Waals surface area contributed by atoms with E-state index in [4.69, 9.17) is 4.74 Å². The van der Waals surface area contributed by atoms with E-state index in [9.17, 15) is 10.1 Å². The lowest BCUT2D eigenvalue weighted by atomic mass is 9.95. The van der Waals surface area contributed by atoms with Gasteiger partial charge in [0.2, 0.25) is 0 Å². The Morgan fingerprint density at radius 2 is 1.64 bits per heavy atom. The number of hydrogen-bond acceptors (Lipinski definition) is 7. The molecule has 186 valence electrons. The molecule has 0 saturated heterocycles. The third-order valence-corrected chi connectivity index (χ3v) is 5.86. The van der Waals surface area contributed by atoms with Gasteiger partial charge in [0.1, 0.15) is 11.4 Å². The highest BCUT2D eigenvalue weighted by Gasteiger charge is 2.12. The molecule has 0 heterocycles. The van der Waals surface area contributed by atoms with Crippen LogP contribution in [0.4, 0.5) is 22.7 Å². The lowest BCUT2D eigenvalue weighted by molar-refractivity contribution is -0.384. The van der Waals surface area contributed by atoms with Crippen LogP contribution >= 0.6 is 0 Å². The minimum absolute atomic E-state index is 0. The molecule has 0 saturated carbocycles. The van der Waals surface area contributed by atoms with Gasteiger partial charge in [0.25, 0.3) is 5.69 Å². The lowest BCUT2D eigenvalue weighted by Gasteiger charge is -2.15. The number of anilines is 1. The minimum atomic E-state index is -0.441. The Hall–Kier alpha value is -4.30. The second-order valence-electron chi connectivity index (χ2n) is 8.05. The highest BCUT2D eigenvalue weighted by Crippen LogP contribution is 2.39. The summed E-state index contributed by atoms with van der Waals surface area (Å²) in [5.41, 5.74) is 4.69. The smallest absolute Gasteiger partial charge is 0.269 e. The predicted molar refractivity (Wildman–Crippen MR) is 146 cm³/mol. The number of azo groups is 1.